The lowest BCUT2D eigenvalue weighted by Gasteiger charge is -2.03. The van der Waals surface area contributed by atoms with E-state index in [0.29, 0.717) is 10.0 Å². The standard InChI is InChI=1S/C13H11Cl2N5S/c1-2-20-12-11(18-19-20)13(17-7-16-12)21-6-8-3-4-9(14)10(15)5-8/h3-5,7H,2,6H2,1H3. The molecule has 0 aliphatic carbocycles. The molecule has 0 N–H and O–H groups in total. The number of nitrogens with zero attached hydrogens (tertiary/aromatic N) is 5. The SMILES string of the molecule is CCn1nnc2c(SCc3ccc(Cl)c(Cl)c3)ncnc21. The maximum atomic E-state index is 6.02. The predicted molar refractivity (Wildman–Crippen MR) is 84.8 cm³/mol. The molecule has 0 unspecified atom stereocenters. The molecule has 0 aliphatic heterocycles. The van der Waals surface area contributed by atoms with Gasteiger partial charge in [0.25, 0.3) is 0 Å². The fraction of sp³-hybridized carbons (Fsp3) is 0.231. The highest BCUT2D eigenvalue weighted by atomic mass is 35.5. The zero-order chi connectivity index (χ0) is 14.8. The van der Waals surface area contributed by atoms with Gasteiger partial charge in [0.1, 0.15) is 11.4 Å². The molecule has 2 heterocycles. The van der Waals surface area contributed by atoms with Crippen molar-refractivity contribution in [2.45, 2.75) is 24.2 Å². The first kappa shape index (κ1) is 14.6. The first-order valence-corrected chi connectivity index (χ1v) is 8.04. The summed E-state index contributed by atoms with van der Waals surface area (Å²) in [5.41, 5.74) is 2.55. The van der Waals surface area contributed by atoms with Crippen LogP contribution in [0.3, 0.4) is 0 Å². The van der Waals surface area contributed by atoms with E-state index in [9.17, 15) is 0 Å². The molecule has 0 spiro atoms. The minimum atomic E-state index is 0.555. The van der Waals surface area contributed by atoms with Gasteiger partial charge < -0.3 is 0 Å². The zero-order valence-electron chi connectivity index (χ0n) is 11.1. The summed E-state index contributed by atoms with van der Waals surface area (Å²) >= 11 is 13.5. The fourth-order valence-corrected chi connectivity index (χ4v) is 3.07. The number of hydrogen-bond acceptors (Lipinski definition) is 5. The minimum Gasteiger partial charge on any atom is -0.227 e. The van der Waals surface area contributed by atoms with Crippen LogP contribution in [0.25, 0.3) is 11.2 Å². The van der Waals surface area contributed by atoms with Crippen LogP contribution in [0.4, 0.5) is 0 Å². The van der Waals surface area contributed by atoms with Crippen LogP contribution in [0, 0.1) is 0 Å². The van der Waals surface area contributed by atoms with Gasteiger partial charge in [0, 0.05) is 12.3 Å². The normalized spacial score (nSPS) is 11.2. The average Bonchev–Trinajstić information content (AvgIpc) is 2.92. The molecule has 1 aromatic carbocycles. The van der Waals surface area contributed by atoms with E-state index in [1.165, 1.54) is 6.33 Å². The highest BCUT2D eigenvalue weighted by Crippen LogP contribution is 2.29. The topological polar surface area (TPSA) is 56.5 Å². The average molecular weight is 340 g/mol. The molecule has 0 atom stereocenters. The van der Waals surface area contributed by atoms with Crippen molar-refractivity contribution in [3.05, 3.63) is 40.1 Å². The molecule has 21 heavy (non-hydrogen) atoms. The fourth-order valence-electron chi connectivity index (χ4n) is 1.87. The van der Waals surface area contributed by atoms with Crippen LogP contribution in [-0.2, 0) is 12.3 Å². The van der Waals surface area contributed by atoms with Crippen LogP contribution in [0.2, 0.25) is 10.0 Å². The van der Waals surface area contributed by atoms with Crippen LogP contribution in [0.5, 0.6) is 0 Å². The number of halogens is 2. The minimum absolute atomic E-state index is 0.555. The summed E-state index contributed by atoms with van der Waals surface area (Å²) in [6, 6.07) is 5.60. The van der Waals surface area contributed by atoms with Crippen molar-refractivity contribution in [3.8, 4) is 0 Å². The molecule has 8 heteroatoms. The Morgan fingerprint density at radius 1 is 1.19 bits per heavy atom. The molecule has 0 bridgehead atoms. The number of aromatic nitrogens is 5. The van der Waals surface area contributed by atoms with E-state index < -0.39 is 0 Å². The highest BCUT2D eigenvalue weighted by molar-refractivity contribution is 7.98. The van der Waals surface area contributed by atoms with Crippen LogP contribution in [0.15, 0.2) is 29.6 Å². The maximum Gasteiger partial charge on any atom is 0.182 e. The highest BCUT2D eigenvalue weighted by Gasteiger charge is 2.11. The largest absolute Gasteiger partial charge is 0.227 e. The monoisotopic (exact) mass is 339 g/mol. The number of aryl methyl sites for hydroxylation is 1. The van der Waals surface area contributed by atoms with E-state index in [-0.39, 0.29) is 0 Å². The third kappa shape index (κ3) is 2.97. The summed E-state index contributed by atoms with van der Waals surface area (Å²) in [6.45, 7) is 2.73. The molecular weight excluding hydrogens is 329 g/mol. The van der Waals surface area contributed by atoms with Crippen molar-refractivity contribution in [1.29, 1.82) is 0 Å². The lowest BCUT2D eigenvalue weighted by atomic mass is 10.2. The van der Waals surface area contributed by atoms with E-state index >= 15 is 0 Å². The summed E-state index contributed by atoms with van der Waals surface area (Å²) in [4.78, 5) is 8.51. The Hall–Kier alpha value is -1.37. The number of rotatable bonds is 4. The number of hydrogen-bond donors (Lipinski definition) is 0. The van der Waals surface area contributed by atoms with Crippen molar-refractivity contribution >= 4 is 46.1 Å². The molecule has 3 rings (SSSR count). The van der Waals surface area contributed by atoms with Gasteiger partial charge in [-0.1, -0.05) is 46.2 Å². The summed E-state index contributed by atoms with van der Waals surface area (Å²) in [5, 5.41) is 10.1. The van der Waals surface area contributed by atoms with E-state index in [1.54, 1.807) is 22.5 Å². The van der Waals surface area contributed by atoms with Gasteiger partial charge in [-0.25, -0.2) is 14.6 Å². The maximum absolute atomic E-state index is 6.02. The Balaban J connectivity index is 1.85. The first-order valence-electron chi connectivity index (χ1n) is 6.30. The van der Waals surface area contributed by atoms with Crippen molar-refractivity contribution < 1.29 is 0 Å². The summed E-state index contributed by atoms with van der Waals surface area (Å²) in [5.74, 6) is 0.724. The lowest BCUT2D eigenvalue weighted by molar-refractivity contribution is 0.641. The van der Waals surface area contributed by atoms with Crippen LogP contribution in [0.1, 0.15) is 12.5 Å². The van der Waals surface area contributed by atoms with Gasteiger partial charge >= 0.3 is 0 Å². The Morgan fingerprint density at radius 2 is 2.05 bits per heavy atom. The second-order valence-electron chi connectivity index (χ2n) is 4.29. The molecular formula is C13H11Cl2N5S. The van der Waals surface area contributed by atoms with Gasteiger partial charge in [-0.15, -0.1) is 5.10 Å². The summed E-state index contributed by atoms with van der Waals surface area (Å²) in [7, 11) is 0. The second-order valence-corrected chi connectivity index (χ2v) is 6.07. The second kappa shape index (κ2) is 6.17. The molecule has 0 aliphatic rings. The molecule has 5 nitrogen and oxygen atoms in total. The van der Waals surface area contributed by atoms with E-state index in [2.05, 4.69) is 20.3 Å². The molecule has 0 fully saturated rings. The van der Waals surface area contributed by atoms with Crippen molar-refractivity contribution in [3.63, 3.8) is 0 Å². The van der Waals surface area contributed by atoms with Gasteiger partial charge in [-0.2, -0.15) is 0 Å². The molecule has 0 amide bonds. The third-order valence-corrected chi connectivity index (χ3v) is 4.71. The van der Waals surface area contributed by atoms with Gasteiger partial charge in [-0.3, -0.25) is 0 Å². The van der Waals surface area contributed by atoms with E-state index in [4.69, 9.17) is 23.2 Å². The Kier molecular flexibility index (Phi) is 4.28. The van der Waals surface area contributed by atoms with Gasteiger partial charge in [0.05, 0.1) is 10.0 Å². The molecule has 108 valence electrons. The van der Waals surface area contributed by atoms with Crippen molar-refractivity contribution in [1.82, 2.24) is 25.0 Å². The van der Waals surface area contributed by atoms with Gasteiger partial charge in [0.2, 0.25) is 0 Å². The van der Waals surface area contributed by atoms with Crippen LogP contribution < -0.4 is 0 Å². The molecule has 0 radical (unpaired) electrons. The molecule has 0 saturated carbocycles. The van der Waals surface area contributed by atoms with E-state index in [1.807, 2.05) is 19.1 Å². The van der Waals surface area contributed by atoms with E-state index in [0.717, 1.165) is 34.1 Å². The summed E-state index contributed by atoms with van der Waals surface area (Å²) < 4.78 is 1.75. The third-order valence-electron chi connectivity index (χ3n) is 2.93. The molecule has 2 aromatic heterocycles. The Morgan fingerprint density at radius 3 is 2.81 bits per heavy atom. The quantitative estimate of drug-likeness (QED) is 0.533. The van der Waals surface area contributed by atoms with Crippen molar-refractivity contribution in [2.24, 2.45) is 0 Å². The van der Waals surface area contributed by atoms with Crippen molar-refractivity contribution in [2.75, 3.05) is 0 Å². The van der Waals surface area contributed by atoms with Crippen LogP contribution in [-0.4, -0.2) is 25.0 Å². The zero-order valence-corrected chi connectivity index (χ0v) is 13.5. The Labute approximate surface area is 135 Å². The molecule has 0 saturated heterocycles. The number of benzene rings is 1. The first-order chi connectivity index (χ1) is 10.2. The molecule has 3 aromatic rings. The lowest BCUT2D eigenvalue weighted by Crippen LogP contribution is -1.97. The van der Waals surface area contributed by atoms with Gasteiger partial charge in [0.15, 0.2) is 11.2 Å². The Bertz CT molecular complexity index is 789. The number of fused-ring (bicyclic) bond motifs is 1. The van der Waals surface area contributed by atoms with Gasteiger partial charge in [-0.05, 0) is 24.6 Å². The summed E-state index contributed by atoms with van der Waals surface area (Å²) in [6.07, 6.45) is 1.54. The number of thioether (sulfide) groups is 1. The van der Waals surface area contributed by atoms with Crippen LogP contribution >= 0.6 is 35.0 Å². The predicted octanol–water partition coefficient (Wildman–Crippen LogP) is 3.84. The smallest absolute Gasteiger partial charge is 0.182 e.